The van der Waals surface area contributed by atoms with Crippen molar-refractivity contribution in [2.75, 3.05) is 18.4 Å². The number of aryl methyl sites for hydroxylation is 2. The minimum Gasteiger partial charge on any atom is -0.507 e. The SMILES string of the molecule is CCCCN1CCCCC1C(=O)Nc1c(C)cccc1C.Cl.O.O=C(O)c1cc2ccccc2c(Cc2c(O)c(C(=O)O)cc3ccccc23)c1O. The van der Waals surface area contributed by atoms with E-state index in [0.717, 1.165) is 42.7 Å². The Labute approximate surface area is 309 Å². The van der Waals surface area contributed by atoms with E-state index in [0.29, 0.717) is 32.7 Å². The lowest BCUT2D eigenvalue weighted by molar-refractivity contribution is -0.122. The van der Waals surface area contributed by atoms with E-state index in [1.54, 1.807) is 48.5 Å². The first-order chi connectivity index (χ1) is 24.0. The molecule has 11 heteroatoms. The third-order valence-corrected chi connectivity index (χ3v) is 9.51. The Bertz CT molecular complexity index is 1940. The molecule has 1 amide bonds. The molecular weight excluding hydrogens is 684 g/mol. The van der Waals surface area contributed by atoms with E-state index >= 15 is 0 Å². The van der Waals surface area contributed by atoms with Crippen molar-refractivity contribution in [1.82, 2.24) is 4.90 Å². The number of fused-ring (bicyclic) bond motifs is 2. The maximum absolute atomic E-state index is 12.7. The lowest BCUT2D eigenvalue weighted by Crippen LogP contribution is -2.47. The second-order valence-corrected chi connectivity index (χ2v) is 12.9. The molecule has 1 fully saturated rings. The van der Waals surface area contributed by atoms with Crippen LogP contribution in [0.5, 0.6) is 11.5 Å². The Morgan fingerprint density at radius 1 is 0.769 bits per heavy atom. The Hall–Kier alpha value is -5.16. The number of carbonyl (C=O) groups is 3. The van der Waals surface area contributed by atoms with Gasteiger partial charge in [-0.1, -0.05) is 86.5 Å². The number of amides is 1. The Morgan fingerprint density at radius 2 is 1.27 bits per heavy atom. The van der Waals surface area contributed by atoms with Gasteiger partial charge in [-0.05, 0) is 91.0 Å². The summed E-state index contributed by atoms with van der Waals surface area (Å²) in [7, 11) is 0. The van der Waals surface area contributed by atoms with Crippen molar-refractivity contribution in [3.05, 3.63) is 112 Å². The van der Waals surface area contributed by atoms with Gasteiger partial charge in [0.25, 0.3) is 0 Å². The standard InChI is InChI=1S/C23H16O6.C18H28N2O.ClH.H2O/c24-20-16(14-7-3-1-5-12(14)9-18(20)22(26)27)11-17-15-8-4-2-6-13(15)10-19(21(17)25)23(28)29;1-4-5-12-20-13-7-6-11-16(20)18(21)19-17-14(2)9-8-10-15(17)3;;/h1-10,24-25H,11H2,(H,26,27)(H,28,29);8-10,16H,4-7,11-13H2,1-3H3,(H,19,21);1H;1H2. The molecule has 0 bridgehead atoms. The quantitative estimate of drug-likeness (QED) is 0.102. The fourth-order valence-electron chi connectivity index (χ4n) is 6.82. The van der Waals surface area contributed by atoms with E-state index in [1.165, 1.54) is 31.4 Å². The van der Waals surface area contributed by atoms with Crippen LogP contribution in [0.2, 0.25) is 0 Å². The highest BCUT2D eigenvalue weighted by Crippen LogP contribution is 2.38. The molecule has 1 heterocycles. The zero-order valence-electron chi connectivity index (χ0n) is 29.6. The molecule has 52 heavy (non-hydrogen) atoms. The van der Waals surface area contributed by atoms with Crippen LogP contribution in [0.4, 0.5) is 5.69 Å². The number of halogens is 1. The molecule has 5 aromatic carbocycles. The number of likely N-dealkylation sites (tertiary alicyclic amines) is 1. The first-order valence-corrected chi connectivity index (χ1v) is 17.1. The molecule has 1 aliphatic rings. The smallest absolute Gasteiger partial charge is 0.339 e. The number of aromatic hydroxyl groups is 2. The number of piperidine rings is 1. The van der Waals surface area contributed by atoms with Crippen molar-refractivity contribution >= 4 is 57.5 Å². The van der Waals surface area contributed by atoms with Gasteiger partial charge in [0.1, 0.15) is 22.6 Å². The monoisotopic (exact) mass is 730 g/mol. The van der Waals surface area contributed by atoms with E-state index in [9.17, 15) is 34.8 Å². The molecule has 0 radical (unpaired) electrons. The van der Waals surface area contributed by atoms with Crippen LogP contribution in [0.1, 0.15) is 82.0 Å². The Balaban J connectivity index is 0.000000284. The molecular formula is C41H47ClN2O8. The minimum absolute atomic E-state index is 0. The average Bonchev–Trinajstić information content (AvgIpc) is 3.10. The summed E-state index contributed by atoms with van der Waals surface area (Å²) in [5.74, 6) is -3.19. The number of nitrogens with one attached hydrogen (secondary N) is 1. The summed E-state index contributed by atoms with van der Waals surface area (Å²) < 4.78 is 0. The van der Waals surface area contributed by atoms with E-state index in [2.05, 4.69) is 43.1 Å². The van der Waals surface area contributed by atoms with Crippen molar-refractivity contribution in [2.24, 2.45) is 0 Å². The number of carbonyl (C=O) groups excluding carboxylic acids is 1. The second-order valence-electron chi connectivity index (χ2n) is 12.9. The van der Waals surface area contributed by atoms with Crippen molar-refractivity contribution in [3.8, 4) is 11.5 Å². The fraction of sp³-hybridized carbons (Fsp3) is 0.293. The molecule has 0 aromatic heterocycles. The van der Waals surface area contributed by atoms with Crippen molar-refractivity contribution in [2.45, 2.75) is 65.3 Å². The highest BCUT2D eigenvalue weighted by Gasteiger charge is 2.28. The number of aromatic carboxylic acids is 2. The maximum Gasteiger partial charge on any atom is 0.339 e. The van der Waals surface area contributed by atoms with Crippen LogP contribution in [0.15, 0.2) is 78.9 Å². The van der Waals surface area contributed by atoms with E-state index in [1.807, 2.05) is 6.07 Å². The lowest BCUT2D eigenvalue weighted by Gasteiger charge is -2.34. The summed E-state index contributed by atoms with van der Waals surface area (Å²) in [6.07, 6.45) is 5.68. The number of carboxylic acids is 2. The summed E-state index contributed by atoms with van der Waals surface area (Å²) >= 11 is 0. The Kier molecular flexibility index (Phi) is 14.6. The second kappa shape index (κ2) is 18.4. The summed E-state index contributed by atoms with van der Waals surface area (Å²) in [5.41, 5.74) is 3.38. The van der Waals surface area contributed by atoms with Crippen LogP contribution in [-0.2, 0) is 11.2 Å². The van der Waals surface area contributed by atoms with Gasteiger partial charge in [-0.15, -0.1) is 12.4 Å². The minimum atomic E-state index is -1.28. The summed E-state index contributed by atoms with van der Waals surface area (Å²) in [6, 6.07) is 23.0. The van der Waals surface area contributed by atoms with Crippen LogP contribution in [0, 0.1) is 13.8 Å². The van der Waals surface area contributed by atoms with Gasteiger partial charge < -0.3 is 31.2 Å². The molecule has 1 atom stereocenters. The van der Waals surface area contributed by atoms with E-state index in [-0.39, 0.29) is 47.4 Å². The predicted molar refractivity (Wildman–Crippen MR) is 207 cm³/mol. The van der Waals surface area contributed by atoms with Gasteiger partial charge in [0.2, 0.25) is 5.91 Å². The van der Waals surface area contributed by atoms with E-state index < -0.39 is 23.4 Å². The van der Waals surface area contributed by atoms with Crippen LogP contribution in [0.3, 0.4) is 0 Å². The van der Waals surface area contributed by atoms with E-state index in [4.69, 9.17) is 0 Å². The molecule has 1 saturated heterocycles. The van der Waals surface area contributed by atoms with Crippen molar-refractivity contribution < 1.29 is 40.3 Å². The number of para-hydroxylation sites is 1. The zero-order valence-corrected chi connectivity index (χ0v) is 30.4. The number of nitrogens with zero attached hydrogens (tertiary/aromatic N) is 1. The van der Waals surface area contributed by atoms with Gasteiger partial charge in [0.05, 0.1) is 6.04 Å². The average molecular weight is 731 g/mol. The van der Waals surface area contributed by atoms with Crippen LogP contribution >= 0.6 is 12.4 Å². The normalized spacial score (nSPS) is 14.0. The number of carboxylic acid groups (broad SMARTS) is 2. The summed E-state index contributed by atoms with van der Waals surface area (Å²) in [4.78, 5) is 38.3. The first-order valence-electron chi connectivity index (χ1n) is 17.1. The lowest BCUT2D eigenvalue weighted by atomic mass is 9.90. The molecule has 1 aliphatic heterocycles. The van der Waals surface area contributed by atoms with Gasteiger partial charge in [-0.25, -0.2) is 9.59 Å². The number of rotatable bonds is 9. The zero-order chi connectivity index (χ0) is 35.9. The van der Waals surface area contributed by atoms with Crippen molar-refractivity contribution in [1.29, 1.82) is 0 Å². The molecule has 0 saturated carbocycles. The molecule has 6 rings (SSSR count). The van der Waals surface area contributed by atoms with Crippen LogP contribution in [-0.4, -0.2) is 67.8 Å². The molecule has 1 unspecified atom stereocenters. The number of anilines is 1. The van der Waals surface area contributed by atoms with Gasteiger partial charge in [0.15, 0.2) is 0 Å². The number of benzene rings is 5. The Morgan fingerprint density at radius 3 is 1.75 bits per heavy atom. The molecule has 276 valence electrons. The van der Waals surface area contributed by atoms with Gasteiger partial charge >= 0.3 is 11.9 Å². The number of hydrogen-bond donors (Lipinski definition) is 5. The van der Waals surface area contributed by atoms with Crippen LogP contribution < -0.4 is 5.32 Å². The largest absolute Gasteiger partial charge is 0.507 e. The number of unbranched alkanes of at least 4 members (excludes halogenated alkanes) is 1. The topological polar surface area (TPSA) is 179 Å². The maximum atomic E-state index is 12.7. The first kappa shape index (κ1) is 41.3. The highest BCUT2D eigenvalue weighted by atomic mass is 35.5. The summed E-state index contributed by atoms with van der Waals surface area (Å²) in [5, 5.41) is 46.0. The van der Waals surface area contributed by atoms with Crippen LogP contribution in [0.25, 0.3) is 21.5 Å². The predicted octanol–water partition coefficient (Wildman–Crippen LogP) is 7.89. The molecule has 0 spiro atoms. The van der Waals surface area contributed by atoms with Crippen molar-refractivity contribution in [3.63, 3.8) is 0 Å². The fourth-order valence-corrected chi connectivity index (χ4v) is 6.82. The third-order valence-electron chi connectivity index (χ3n) is 9.51. The number of hydrogen-bond acceptors (Lipinski definition) is 6. The van der Waals surface area contributed by atoms with Gasteiger partial charge in [0, 0.05) is 23.2 Å². The summed E-state index contributed by atoms with van der Waals surface area (Å²) in [6.45, 7) is 8.42. The highest BCUT2D eigenvalue weighted by molar-refractivity contribution is 6.02. The third kappa shape index (κ3) is 9.00. The molecule has 7 N–H and O–H groups in total. The van der Waals surface area contributed by atoms with Gasteiger partial charge in [-0.3, -0.25) is 9.69 Å². The molecule has 10 nitrogen and oxygen atoms in total. The molecule has 5 aromatic rings. The number of phenols is 2. The van der Waals surface area contributed by atoms with Gasteiger partial charge in [-0.2, -0.15) is 0 Å². The molecule has 0 aliphatic carbocycles.